The molecule has 0 saturated carbocycles. The van der Waals surface area contributed by atoms with Crippen LogP contribution in [0.25, 0.3) is 0 Å². The highest BCUT2D eigenvalue weighted by molar-refractivity contribution is 5.88. The van der Waals surface area contributed by atoms with Gasteiger partial charge < -0.3 is 4.74 Å². The van der Waals surface area contributed by atoms with Crippen LogP contribution in [0, 0.1) is 0 Å². The second kappa shape index (κ2) is 6.16. The summed E-state index contributed by atoms with van der Waals surface area (Å²) >= 11 is 0. The Bertz CT molecular complexity index is 309. The third-order valence-electron chi connectivity index (χ3n) is 2.12. The second-order valence-electron chi connectivity index (χ2n) is 3.31. The summed E-state index contributed by atoms with van der Waals surface area (Å²) in [6.45, 7) is 4.28. The Hall–Kier alpha value is -1.39. The number of hydrogen-bond acceptors (Lipinski definition) is 4. The van der Waals surface area contributed by atoms with E-state index in [1.165, 1.54) is 0 Å². The molecule has 84 valence electrons. The number of aromatic nitrogens is 3. The Morgan fingerprint density at radius 2 is 2.20 bits per heavy atom. The first-order valence-electron chi connectivity index (χ1n) is 5.36. The van der Waals surface area contributed by atoms with Crippen molar-refractivity contribution in [2.45, 2.75) is 39.5 Å². The van der Waals surface area contributed by atoms with Crippen molar-refractivity contribution < 1.29 is 9.53 Å². The van der Waals surface area contributed by atoms with Gasteiger partial charge in [-0.3, -0.25) is 5.10 Å². The topological polar surface area (TPSA) is 67.9 Å². The minimum atomic E-state index is -0.367. The maximum Gasteiger partial charge on any atom is 0.358 e. The van der Waals surface area contributed by atoms with Crippen LogP contribution >= 0.6 is 0 Å². The first-order valence-corrected chi connectivity index (χ1v) is 5.36. The average molecular weight is 211 g/mol. The Kier molecular flexibility index (Phi) is 4.80. The van der Waals surface area contributed by atoms with E-state index < -0.39 is 0 Å². The second-order valence-corrected chi connectivity index (χ2v) is 3.31. The summed E-state index contributed by atoms with van der Waals surface area (Å²) in [7, 11) is 0. The van der Waals surface area contributed by atoms with Gasteiger partial charge in [-0.25, -0.2) is 4.79 Å². The Balaban J connectivity index is 2.56. The van der Waals surface area contributed by atoms with Crippen molar-refractivity contribution in [2.75, 3.05) is 6.61 Å². The monoisotopic (exact) mass is 211 g/mol. The molecule has 0 fully saturated rings. The van der Waals surface area contributed by atoms with Gasteiger partial charge in [0.15, 0.2) is 5.69 Å². The van der Waals surface area contributed by atoms with E-state index in [1.807, 2.05) is 0 Å². The van der Waals surface area contributed by atoms with Gasteiger partial charge in [0.2, 0.25) is 0 Å². The SMILES string of the molecule is CCCCCc1nn[nH]c1C(=O)OCC. The fourth-order valence-corrected chi connectivity index (χ4v) is 1.33. The van der Waals surface area contributed by atoms with Gasteiger partial charge in [0, 0.05) is 0 Å². The number of esters is 1. The largest absolute Gasteiger partial charge is 0.461 e. The minimum Gasteiger partial charge on any atom is -0.461 e. The molecule has 0 aliphatic heterocycles. The van der Waals surface area contributed by atoms with E-state index in [9.17, 15) is 4.79 Å². The zero-order chi connectivity index (χ0) is 11.1. The predicted molar refractivity (Wildman–Crippen MR) is 55.6 cm³/mol. The van der Waals surface area contributed by atoms with Gasteiger partial charge in [-0.2, -0.15) is 0 Å². The normalized spacial score (nSPS) is 10.3. The van der Waals surface area contributed by atoms with E-state index in [0.717, 1.165) is 25.7 Å². The van der Waals surface area contributed by atoms with Gasteiger partial charge in [-0.1, -0.05) is 25.0 Å². The van der Waals surface area contributed by atoms with Crippen molar-refractivity contribution in [3.05, 3.63) is 11.4 Å². The molecule has 1 aromatic heterocycles. The van der Waals surface area contributed by atoms with Crippen molar-refractivity contribution in [1.29, 1.82) is 0 Å². The average Bonchev–Trinajstić information content (AvgIpc) is 2.67. The number of nitrogens with zero attached hydrogens (tertiary/aromatic N) is 2. The minimum absolute atomic E-state index is 0.367. The lowest BCUT2D eigenvalue weighted by Gasteiger charge is -2.00. The zero-order valence-corrected chi connectivity index (χ0v) is 9.25. The molecule has 15 heavy (non-hydrogen) atoms. The summed E-state index contributed by atoms with van der Waals surface area (Å²) < 4.78 is 4.88. The number of ether oxygens (including phenoxy) is 1. The molecule has 5 heteroatoms. The molecular formula is C10H17N3O2. The molecule has 1 N–H and O–H groups in total. The number of carbonyl (C=O) groups is 1. The lowest BCUT2D eigenvalue weighted by Crippen LogP contribution is -2.08. The summed E-state index contributed by atoms with van der Waals surface area (Å²) in [5, 5.41) is 10.1. The molecule has 5 nitrogen and oxygen atoms in total. The quantitative estimate of drug-likeness (QED) is 0.574. The summed E-state index contributed by atoms with van der Waals surface area (Å²) in [5.41, 5.74) is 1.11. The van der Waals surface area contributed by atoms with Crippen LogP contribution < -0.4 is 0 Å². The number of H-pyrrole nitrogens is 1. The van der Waals surface area contributed by atoms with E-state index >= 15 is 0 Å². The van der Waals surface area contributed by atoms with Crippen molar-refractivity contribution in [3.8, 4) is 0 Å². The first-order chi connectivity index (χ1) is 7.29. The molecule has 0 radical (unpaired) electrons. The highest BCUT2D eigenvalue weighted by Crippen LogP contribution is 2.08. The fraction of sp³-hybridized carbons (Fsp3) is 0.700. The van der Waals surface area contributed by atoms with Crippen LogP contribution in [0.4, 0.5) is 0 Å². The van der Waals surface area contributed by atoms with Crippen LogP contribution in [-0.4, -0.2) is 28.0 Å². The van der Waals surface area contributed by atoms with Crippen molar-refractivity contribution in [3.63, 3.8) is 0 Å². The molecule has 0 spiro atoms. The van der Waals surface area contributed by atoms with E-state index in [2.05, 4.69) is 22.3 Å². The predicted octanol–water partition coefficient (Wildman–Crippen LogP) is 1.71. The molecule has 0 aromatic carbocycles. The van der Waals surface area contributed by atoms with E-state index in [1.54, 1.807) is 6.92 Å². The zero-order valence-electron chi connectivity index (χ0n) is 9.25. The molecule has 1 heterocycles. The summed E-state index contributed by atoms with van der Waals surface area (Å²) in [4.78, 5) is 11.4. The van der Waals surface area contributed by atoms with Gasteiger partial charge in [0.05, 0.1) is 12.3 Å². The third-order valence-corrected chi connectivity index (χ3v) is 2.12. The Labute approximate surface area is 89.2 Å². The van der Waals surface area contributed by atoms with Crippen LogP contribution in [0.2, 0.25) is 0 Å². The van der Waals surface area contributed by atoms with Crippen molar-refractivity contribution in [2.24, 2.45) is 0 Å². The third kappa shape index (κ3) is 3.34. The van der Waals surface area contributed by atoms with Gasteiger partial charge in [0.1, 0.15) is 0 Å². The molecule has 0 saturated heterocycles. The Morgan fingerprint density at radius 3 is 2.87 bits per heavy atom. The van der Waals surface area contributed by atoms with Crippen LogP contribution in [0.3, 0.4) is 0 Å². The number of nitrogens with one attached hydrogen (secondary N) is 1. The standard InChI is InChI=1S/C10H17N3O2/c1-3-5-6-7-8-9(12-13-11-8)10(14)15-4-2/h3-7H2,1-2H3,(H,11,12,13). The highest BCUT2D eigenvalue weighted by atomic mass is 16.5. The molecule has 0 bridgehead atoms. The molecule has 1 aromatic rings. The first kappa shape index (κ1) is 11.7. The van der Waals surface area contributed by atoms with Gasteiger partial charge >= 0.3 is 5.97 Å². The van der Waals surface area contributed by atoms with Gasteiger partial charge in [0.25, 0.3) is 0 Å². The number of aromatic amines is 1. The van der Waals surface area contributed by atoms with Gasteiger partial charge in [-0.05, 0) is 19.8 Å². The maximum absolute atomic E-state index is 11.4. The van der Waals surface area contributed by atoms with E-state index in [0.29, 0.717) is 18.0 Å². The fourth-order valence-electron chi connectivity index (χ4n) is 1.33. The van der Waals surface area contributed by atoms with Crippen LogP contribution in [0.15, 0.2) is 0 Å². The molecule has 0 aliphatic carbocycles. The molecule has 0 atom stereocenters. The maximum atomic E-state index is 11.4. The van der Waals surface area contributed by atoms with Crippen molar-refractivity contribution in [1.82, 2.24) is 15.4 Å². The van der Waals surface area contributed by atoms with Crippen LogP contribution in [-0.2, 0) is 11.2 Å². The molecule has 0 aliphatic rings. The molecular weight excluding hydrogens is 194 g/mol. The van der Waals surface area contributed by atoms with Crippen molar-refractivity contribution >= 4 is 5.97 Å². The number of unbranched alkanes of at least 4 members (excludes halogenated alkanes) is 2. The molecule has 1 rings (SSSR count). The van der Waals surface area contributed by atoms with Gasteiger partial charge in [-0.15, -0.1) is 5.10 Å². The number of aryl methyl sites for hydroxylation is 1. The summed E-state index contributed by atoms with van der Waals surface area (Å²) in [6, 6.07) is 0. The highest BCUT2D eigenvalue weighted by Gasteiger charge is 2.15. The van der Waals surface area contributed by atoms with E-state index in [4.69, 9.17) is 4.74 Å². The summed E-state index contributed by atoms with van der Waals surface area (Å²) in [6.07, 6.45) is 4.08. The smallest absolute Gasteiger partial charge is 0.358 e. The molecule has 0 amide bonds. The molecule has 0 unspecified atom stereocenters. The summed E-state index contributed by atoms with van der Waals surface area (Å²) in [5.74, 6) is -0.367. The Morgan fingerprint density at radius 1 is 1.40 bits per heavy atom. The van der Waals surface area contributed by atoms with Crippen LogP contribution in [0.5, 0.6) is 0 Å². The number of rotatable bonds is 6. The lowest BCUT2D eigenvalue weighted by molar-refractivity contribution is 0.0518. The lowest BCUT2D eigenvalue weighted by atomic mass is 10.1. The van der Waals surface area contributed by atoms with Crippen LogP contribution in [0.1, 0.15) is 49.3 Å². The number of hydrogen-bond donors (Lipinski definition) is 1. The number of carbonyl (C=O) groups excluding carboxylic acids is 1. The van der Waals surface area contributed by atoms with E-state index in [-0.39, 0.29) is 5.97 Å².